The summed E-state index contributed by atoms with van der Waals surface area (Å²) in [5.74, 6) is -1.33. The summed E-state index contributed by atoms with van der Waals surface area (Å²) in [4.78, 5) is 23.3. The van der Waals surface area contributed by atoms with Crippen molar-refractivity contribution >= 4 is 12.1 Å². The molecule has 2 aromatic carbocycles. The van der Waals surface area contributed by atoms with Gasteiger partial charge in [-0.2, -0.15) is 0 Å². The number of carboxylic acid groups (broad SMARTS) is 1. The molecule has 0 spiro atoms. The summed E-state index contributed by atoms with van der Waals surface area (Å²) in [5.41, 5.74) is 1.79. The fraction of sp³-hybridized carbons (Fsp3) is 0.263. The maximum absolute atomic E-state index is 12.1. The quantitative estimate of drug-likeness (QED) is 0.854. The van der Waals surface area contributed by atoms with E-state index in [9.17, 15) is 9.59 Å². The monoisotopic (exact) mass is 325 g/mol. The Morgan fingerprint density at radius 2 is 1.71 bits per heavy atom. The minimum absolute atomic E-state index is 0.103. The molecule has 124 valence electrons. The zero-order valence-electron chi connectivity index (χ0n) is 13.1. The van der Waals surface area contributed by atoms with Gasteiger partial charge in [0.1, 0.15) is 6.61 Å². The third kappa shape index (κ3) is 3.93. The Kier molecular flexibility index (Phi) is 4.79. The molecule has 0 heterocycles. The highest BCUT2D eigenvalue weighted by molar-refractivity contribution is 5.74. The summed E-state index contributed by atoms with van der Waals surface area (Å²) in [6, 6.07) is 18.5. The number of carboxylic acids is 1. The first-order chi connectivity index (χ1) is 11.6. The summed E-state index contributed by atoms with van der Waals surface area (Å²) in [6.45, 7) is 0.182. The van der Waals surface area contributed by atoms with Crippen molar-refractivity contribution in [2.75, 3.05) is 0 Å². The van der Waals surface area contributed by atoms with Gasteiger partial charge in [-0.25, -0.2) is 4.79 Å². The number of carbonyl (C=O) groups is 2. The number of alkyl carbamates (subject to hydrolysis) is 1. The van der Waals surface area contributed by atoms with Crippen LogP contribution in [0.25, 0.3) is 0 Å². The van der Waals surface area contributed by atoms with Gasteiger partial charge in [-0.1, -0.05) is 60.7 Å². The van der Waals surface area contributed by atoms with E-state index in [0.717, 1.165) is 11.1 Å². The average molecular weight is 325 g/mol. The number of benzene rings is 2. The number of hydrogen-bond donors (Lipinski definition) is 2. The first-order valence-corrected chi connectivity index (χ1v) is 7.90. The van der Waals surface area contributed by atoms with E-state index >= 15 is 0 Å². The first-order valence-electron chi connectivity index (χ1n) is 7.90. The fourth-order valence-corrected chi connectivity index (χ4v) is 2.86. The van der Waals surface area contributed by atoms with Crippen molar-refractivity contribution in [3.63, 3.8) is 0 Å². The predicted molar refractivity (Wildman–Crippen MR) is 88.2 cm³/mol. The highest BCUT2D eigenvalue weighted by Gasteiger charge is 2.49. The van der Waals surface area contributed by atoms with Crippen LogP contribution < -0.4 is 5.32 Å². The maximum Gasteiger partial charge on any atom is 0.407 e. The topological polar surface area (TPSA) is 75.6 Å². The molecule has 24 heavy (non-hydrogen) atoms. The third-order valence-electron chi connectivity index (χ3n) is 4.23. The molecule has 5 nitrogen and oxygen atoms in total. The number of rotatable bonds is 6. The minimum Gasteiger partial charge on any atom is -0.481 e. The Morgan fingerprint density at radius 1 is 1.08 bits per heavy atom. The lowest BCUT2D eigenvalue weighted by atomic mass is 10.0. The van der Waals surface area contributed by atoms with E-state index in [1.807, 2.05) is 60.7 Å². The van der Waals surface area contributed by atoms with Crippen LogP contribution in [0.5, 0.6) is 0 Å². The van der Waals surface area contributed by atoms with Crippen molar-refractivity contribution in [3.8, 4) is 0 Å². The van der Waals surface area contributed by atoms with Crippen molar-refractivity contribution < 1.29 is 19.4 Å². The number of aliphatic carboxylic acids is 1. The van der Waals surface area contributed by atoms with E-state index in [0.29, 0.717) is 6.42 Å². The molecule has 0 radical (unpaired) electrons. The molecule has 1 aliphatic carbocycles. The van der Waals surface area contributed by atoms with E-state index in [-0.39, 0.29) is 18.6 Å². The summed E-state index contributed by atoms with van der Waals surface area (Å²) in [7, 11) is 0. The van der Waals surface area contributed by atoms with E-state index in [4.69, 9.17) is 9.84 Å². The van der Waals surface area contributed by atoms with Gasteiger partial charge >= 0.3 is 12.1 Å². The lowest BCUT2D eigenvalue weighted by Crippen LogP contribution is -2.31. The smallest absolute Gasteiger partial charge is 0.407 e. The zero-order chi connectivity index (χ0) is 16.9. The summed E-state index contributed by atoms with van der Waals surface area (Å²) in [6.07, 6.45) is 0.0252. The second-order valence-electron chi connectivity index (χ2n) is 5.94. The number of carbonyl (C=O) groups excluding carboxylic acids is 1. The second kappa shape index (κ2) is 7.17. The highest BCUT2D eigenvalue weighted by atomic mass is 16.5. The highest BCUT2D eigenvalue weighted by Crippen LogP contribution is 2.47. The number of amides is 1. The molecule has 0 saturated heterocycles. The van der Waals surface area contributed by atoms with Crippen LogP contribution in [0.4, 0.5) is 4.79 Å². The summed E-state index contributed by atoms with van der Waals surface area (Å²) in [5, 5.41) is 12.0. The van der Waals surface area contributed by atoms with E-state index in [1.54, 1.807) is 0 Å². The van der Waals surface area contributed by atoms with Crippen molar-refractivity contribution in [1.82, 2.24) is 5.32 Å². The number of ether oxygens (including phenoxy) is 1. The lowest BCUT2D eigenvalue weighted by Gasteiger charge is -2.19. The van der Waals surface area contributed by atoms with Crippen LogP contribution in [0.1, 0.15) is 23.6 Å². The number of nitrogens with one attached hydrogen (secondary N) is 1. The minimum atomic E-state index is -0.819. The molecule has 5 heteroatoms. The Bertz CT molecular complexity index is 702. The molecule has 1 fully saturated rings. The molecule has 0 aromatic heterocycles. The summed E-state index contributed by atoms with van der Waals surface area (Å²) >= 11 is 0. The van der Waals surface area contributed by atoms with Gasteiger partial charge < -0.3 is 15.2 Å². The Labute approximate surface area is 140 Å². The van der Waals surface area contributed by atoms with Crippen LogP contribution in [-0.2, 0) is 16.1 Å². The molecule has 2 N–H and O–H groups in total. The van der Waals surface area contributed by atoms with Gasteiger partial charge in [0.2, 0.25) is 0 Å². The normalized spacial score (nSPS) is 20.0. The zero-order valence-corrected chi connectivity index (χ0v) is 13.1. The van der Waals surface area contributed by atoms with Gasteiger partial charge in [-0.3, -0.25) is 4.79 Å². The van der Waals surface area contributed by atoms with Gasteiger partial charge in [0.25, 0.3) is 0 Å². The fourth-order valence-electron chi connectivity index (χ4n) is 2.86. The largest absolute Gasteiger partial charge is 0.481 e. The van der Waals surface area contributed by atoms with Gasteiger partial charge in [0, 0.05) is 0 Å². The van der Waals surface area contributed by atoms with Crippen LogP contribution in [0.2, 0.25) is 0 Å². The van der Waals surface area contributed by atoms with Crippen LogP contribution in [0, 0.1) is 11.8 Å². The van der Waals surface area contributed by atoms with Gasteiger partial charge in [0.05, 0.1) is 12.0 Å². The molecular formula is C19H19NO4. The SMILES string of the molecule is O=C(N[C@@H](c1ccccc1)[C@H]1C[C@H]1C(=O)O)OCc1ccccc1. The summed E-state index contributed by atoms with van der Waals surface area (Å²) < 4.78 is 5.26. The van der Waals surface area contributed by atoms with Crippen molar-refractivity contribution in [2.24, 2.45) is 11.8 Å². The Hall–Kier alpha value is -2.82. The Morgan fingerprint density at radius 3 is 2.29 bits per heavy atom. The molecule has 0 bridgehead atoms. The van der Waals surface area contributed by atoms with Crippen LogP contribution in [-0.4, -0.2) is 17.2 Å². The molecule has 3 rings (SSSR count). The molecule has 2 aromatic rings. The van der Waals surface area contributed by atoms with E-state index < -0.39 is 18.0 Å². The van der Waals surface area contributed by atoms with E-state index in [2.05, 4.69) is 5.32 Å². The molecule has 1 amide bonds. The van der Waals surface area contributed by atoms with Crippen LogP contribution in [0.3, 0.4) is 0 Å². The Balaban J connectivity index is 1.64. The van der Waals surface area contributed by atoms with Gasteiger partial charge in [-0.15, -0.1) is 0 Å². The van der Waals surface area contributed by atoms with Crippen LogP contribution >= 0.6 is 0 Å². The molecule has 0 unspecified atom stereocenters. The first kappa shape index (κ1) is 16.1. The molecule has 3 atom stereocenters. The van der Waals surface area contributed by atoms with Gasteiger partial charge in [0.15, 0.2) is 0 Å². The van der Waals surface area contributed by atoms with Gasteiger partial charge in [-0.05, 0) is 23.5 Å². The molecule has 1 aliphatic rings. The molecule has 0 aliphatic heterocycles. The standard InChI is InChI=1S/C19H19NO4/c21-18(22)16-11-15(16)17(14-9-5-2-6-10-14)20-19(23)24-12-13-7-3-1-4-8-13/h1-10,15-17H,11-12H2,(H,20,23)(H,21,22)/t15-,16+,17-/m0/s1. The maximum atomic E-state index is 12.1. The molecule has 1 saturated carbocycles. The van der Waals surface area contributed by atoms with Crippen molar-refractivity contribution in [2.45, 2.75) is 19.1 Å². The third-order valence-corrected chi connectivity index (χ3v) is 4.23. The molecular weight excluding hydrogens is 306 g/mol. The van der Waals surface area contributed by atoms with Crippen LogP contribution in [0.15, 0.2) is 60.7 Å². The number of hydrogen-bond acceptors (Lipinski definition) is 3. The van der Waals surface area contributed by atoms with E-state index in [1.165, 1.54) is 0 Å². The lowest BCUT2D eigenvalue weighted by molar-refractivity contribution is -0.139. The average Bonchev–Trinajstić information content (AvgIpc) is 3.40. The van der Waals surface area contributed by atoms with Crippen molar-refractivity contribution in [3.05, 3.63) is 71.8 Å². The van der Waals surface area contributed by atoms with Crippen molar-refractivity contribution in [1.29, 1.82) is 0 Å². The predicted octanol–water partition coefficient (Wildman–Crippen LogP) is 3.37. The second-order valence-corrected chi connectivity index (χ2v) is 5.94.